The fraction of sp³-hybridized carbons (Fsp3) is 0.524. The van der Waals surface area contributed by atoms with Crippen LogP contribution in [0.1, 0.15) is 37.8 Å². The van der Waals surface area contributed by atoms with Crippen molar-refractivity contribution in [1.29, 1.82) is 0 Å². The second-order valence-electron chi connectivity index (χ2n) is 7.30. The van der Waals surface area contributed by atoms with E-state index in [0.29, 0.717) is 45.7 Å². The Morgan fingerprint density at radius 1 is 1.06 bits per heavy atom. The van der Waals surface area contributed by atoms with E-state index in [0.717, 1.165) is 5.56 Å². The lowest BCUT2D eigenvalue weighted by Gasteiger charge is -2.26. The van der Waals surface area contributed by atoms with Crippen LogP contribution < -0.4 is 16.0 Å². The molecule has 170 valence electrons. The van der Waals surface area contributed by atoms with Crippen LogP contribution in [0.25, 0.3) is 0 Å². The fourth-order valence-electron chi connectivity index (χ4n) is 3.22. The van der Waals surface area contributed by atoms with E-state index < -0.39 is 29.9 Å². The summed E-state index contributed by atoms with van der Waals surface area (Å²) in [5.74, 6) is -1.67. The van der Waals surface area contributed by atoms with Crippen LogP contribution in [0.2, 0.25) is 0 Å². The first-order valence-corrected chi connectivity index (χ1v) is 10.4. The molecule has 1 heterocycles. The third-order valence-corrected chi connectivity index (χ3v) is 4.98. The van der Waals surface area contributed by atoms with Crippen molar-refractivity contribution < 1.29 is 29.0 Å². The number of carbonyl (C=O) groups excluding carboxylic acids is 3. The molecule has 0 spiro atoms. The Hall–Kier alpha value is -3.14. The number of unbranched alkanes of at least 4 members (excludes halogenated alkanes) is 1. The fourth-order valence-corrected chi connectivity index (χ4v) is 3.22. The van der Waals surface area contributed by atoms with Gasteiger partial charge < -0.3 is 30.7 Å². The van der Waals surface area contributed by atoms with E-state index in [1.807, 2.05) is 30.3 Å². The largest absolute Gasteiger partial charge is 0.465 e. The summed E-state index contributed by atoms with van der Waals surface area (Å²) < 4.78 is 5.20. The Morgan fingerprint density at radius 2 is 1.74 bits per heavy atom. The van der Waals surface area contributed by atoms with Gasteiger partial charge in [0.2, 0.25) is 5.78 Å². The van der Waals surface area contributed by atoms with E-state index in [4.69, 9.17) is 9.84 Å². The van der Waals surface area contributed by atoms with Gasteiger partial charge in [-0.2, -0.15) is 0 Å². The SMILES string of the molecule is C[C@@H](NC(=O)C(=O)[C@H](CCCCNC(=O)N1CCOCC1)NC(=O)O)c1ccccc1. The molecular weight excluding hydrogens is 404 g/mol. The van der Waals surface area contributed by atoms with Crippen LogP contribution in [0.5, 0.6) is 0 Å². The number of rotatable bonds is 10. The van der Waals surface area contributed by atoms with Gasteiger partial charge in [0.1, 0.15) is 6.04 Å². The van der Waals surface area contributed by atoms with Crippen LogP contribution in [0.4, 0.5) is 9.59 Å². The van der Waals surface area contributed by atoms with E-state index in [9.17, 15) is 19.2 Å². The summed E-state index contributed by atoms with van der Waals surface area (Å²) in [5, 5.41) is 16.6. The van der Waals surface area contributed by atoms with Gasteiger partial charge in [0.05, 0.1) is 19.3 Å². The highest BCUT2D eigenvalue weighted by atomic mass is 16.5. The quantitative estimate of drug-likeness (QED) is 0.323. The number of nitrogens with one attached hydrogen (secondary N) is 3. The number of hydrogen-bond donors (Lipinski definition) is 4. The van der Waals surface area contributed by atoms with Crippen LogP contribution in [-0.2, 0) is 14.3 Å². The number of urea groups is 1. The zero-order chi connectivity index (χ0) is 22.6. The molecule has 1 saturated heterocycles. The average Bonchev–Trinajstić information content (AvgIpc) is 2.78. The maximum atomic E-state index is 12.5. The van der Waals surface area contributed by atoms with Gasteiger partial charge in [0.15, 0.2) is 0 Å². The molecule has 4 amide bonds. The molecule has 0 saturated carbocycles. The van der Waals surface area contributed by atoms with Gasteiger partial charge in [0, 0.05) is 19.6 Å². The zero-order valence-corrected chi connectivity index (χ0v) is 17.6. The smallest absolute Gasteiger partial charge is 0.405 e. The maximum Gasteiger partial charge on any atom is 0.405 e. The predicted molar refractivity (Wildman–Crippen MR) is 113 cm³/mol. The van der Waals surface area contributed by atoms with Gasteiger partial charge in [-0.1, -0.05) is 30.3 Å². The van der Waals surface area contributed by atoms with Crippen molar-refractivity contribution in [2.45, 2.75) is 38.3 Å². The molecular formula is C21H30N4O6. The Kier molecular flexibility index (Phi) is 9.76. The van der Waals surface area contributed by atoms with Gasteiger partial charge in [0.25, 0.3) is 5.91 Å². The number of hydrogen-bond acceptors (Lipinski definition) is 5. The average molecular weight is 434 g/mol. The van der Waals surface area contributed by atoms with Crippen molar-refractivity contribution in [2.75, 3.05) is 32.8 Å². The number of benzene rings is 1. The molecule has 1 aromatic rings. The highest BCUT2D eigenvalue weighted by Gasteiger charge is 2.27. The van der Waals surface area contributed by atoms with Crippen molar-refractivity contribution >= 4 is 23.8 Å². The Bertz CT molecular complexity index is 751. The number of ether oxygens (including phenoxy) is 1. The molecule has 1 aliphatic rings. The zero-order valence-electron chi connectivity index (χ0n) is 17.6. The first kappa shape index (κ1) is 24.1. The molecule has 1 fully saturated rings. The van der Waals surface area contributed by atoms with Crippen LogP contribution in [0, 0.1) is 0 Å². The molecule has 2 rings (SSSR count). The van der Waals surface area contributed by atoms with Gasteiger partial charge in [-0.05, 0) is 31.7 Å². The molecule has 10 heteroatoms. The monoisotopic (exact) mass is 434 g/mol. The lowest BCUT2D eigenvalue weighted by atomic mass is 10.0. The number of Topliss-reactive ketones (excluding diaryl/α,β-unsaturated/α-hetero) is 1. The number of ketones is 1. The van der Waals surface area contributed by atoms with E-state index in [2.05, 4.69) is 16.0 Å². The van der Waals surface area contributed by atoms with Gasteiger partial charge in [-0.3, -0.25) is 9.59 Å². The van der Waals surface area contributed by atoms with Crippen molar-refractivity contribution in [2.24, 2.45) is 0 Å². The number of amides is 4. The molecule has 4 N–H and O–H groups in total. The van der Waals surface area contributed by atoms with Crippen LogP contribution in [0.3, 0.4) is 0 Å². The maximum absolute atomic E-state index is 12.5. The summed E-state index contributed by atoms with van der Waals surface area (Å²) in [7, 11) is 0. The first-order valence-electron chi connectivity index (χ1n) is 10.4. The molecule has 0 aliphatic carbocycles. The topological polar surface area (TPSA) is 137 Å². The molecule has 0 bridgehead atoms. The van der Waals surface area contributed by atoms with E-state index >= 15 is 0 Å². The van der Waals surface area contributed by atoms with E-state index in [-0.39, 0.29) is 12.5 Å². The normalized spacial score (nSPS) is 15.5. The van der Waals surface area contributed by atoms with E-state index in [1.165, 1.54) is 0 Å². The predicted octanol–water partition coefficient (Wildman–Crippen LogP) is 1.28. The molecule has 1 aliphatic heterocycles. The molecule has 31 heavy (non-hydrogen) atoms. The van der Waals surface area contributed by atoms with E-state index in [1.54, 1.807) is 11.8 Å². The number of morpholine rings is 1. The third-order valence-electron chi connectivity index (χ3n) is 4.98. The summed E-state index contributed by atoms with van der Waals surface area (Å²) in [4.78, 5) is 49.6. The number of carboxylic acid groups (broad SMARTS) is 1. The van der Waals surface area contributed by atoms with Crippen LogP contribution in [0.15, 0.2) is 30.3 Å². The Balaban J connectivity index is 1.77. The van der Waals surface area contributed by atoms with Crippen molar-refractivity contribution in [1.82, 2.24) is 20.9 Å². The second kappa shape index (κ2) is 12.5. The molecule has 1 aromatic carbocycles. The van der Waals surface area contributed by atoms with Crippen molar-refractivity contribution in [3.8, 4) is 0 Å². The highest BCUT2D eigenvalue weighted by molar-refractivity contribution is 6.38. The number of nitrogens with zero attached hydrogens (tertiary/aromatic N) is 1. The molecule has 0 aromatic heterocycles. The minimum absolute atomic E-state index is 0.158. The summed E-state index contributed by atoms with van der Waals surface area (Å²) >= 11 is 0. The highest BCUT2D eigenvalue weighted by Crippen LogP contribution is 2.11. The minimum Gasteiger partial charge on any atom is -0.465 e. The second-order valence-corrected chi connectivity index (χ2v) is 7.30. The summed E-state index contributed by atoms with van der Waals surface area (Å²) in [6.45, 7) is 4.26. The summed E-state index contributed by atoms with van der Waals surface area (Å²) in [5.41, 5.74) is 0.836. The van der Waals surface area contributed by atoms with Gasteiger partial charge in [-0.25, -0.2) is 9.59 Å². The first-order chi connectivity index (χ1) is 14.9. The molecule has 0 radical (unpaired) electrons. The minimum atomic E-state index is -1.37. The lowest BCUT2D eigenvalue weighted by Crippen LogP contribution is -2.47. The standard InChI is InChI=1S/C21H30N4O6/c1-15(16-7-3-2-4-8-16)23-19(27)18(26)17(24-21(29)30)9-5-6-10-22-20(28)25-11-13-31-14-12-25/h2-4,7-8,15,17,24H,5-6,9-14H2,1H3,(H,22,28)(H,23,27)(H,29,30)/t15-,17+/m1/s1. The van der Waals surface area contributed by atoms with Crippen LogP contribution in [-0.4, -0.2) is 72.7 Å². The summed E-state index contributed by atoms with van der Waals surface area (Å²) in [6, 6.07) is 7.45. The van der Waals surface area contributed by atoms with Crippen molar-refractivity contribution in [3.05, 3.63) is 35.9 Å². The van der Waals surface area contributed by atoms with Gasteiger partial charge in [-0.15, -0.1) is 0 Å². The molecule has 0 unspecified atom stereocenters. The third kappa shape index (κ3) is 8.25. The van der Waals surface area contributed by atoms with Gasteiger partial charge >= 0.3 is 12.1 Å². The molecule has 10 nitrogen and oxygen atoms in total. The van der Waals surface area contributed by atoms with Crippen LogP contribution >= 0.6 is 0 Å². The number of carbonyl (C=O) groups is 4. The molecule has 2 atom stereocenters. The van der Waals surface area contributed by atoms with Crippen molar-refractivity contribution in [3.63, 3.8) is 0 Å². The summed E-state index contributed by atoms with van der Waals surface area (Å²) in [6.07, 6.45) is -0.209. The lowest BCUT2D eigenvalue weighted by molar-refractivity contribution is -0.139. The Labute approximate surface area is 181 Å². The Morgan fingerprint density at radius 3 is 2.39 bits per heavy atom.